The first kappa shape index (κ1) is 15.4. The Hall–Kier alpha value is -1.14. The SMILES string of the molecule is c1coc(CN2CCOC[C@]3(CCN(Cc4cccs4)C3)C2)c1. The first-order chi connectivity index (χ1) is 11.3. The van der Waals surface area contributed by atoms with E-state index in [-0.39, 0.29) is 5.41 Å². The lowest BCUT2D eigenvalue weighted by Gasteiger charge is -2.31. The van der Waals surface area contributed by atoms with Gasteiger partial charge in [-0.15, -0.1) is 11.3 Å². The van der Waals surface area contributed by atoms with Crippen molar-refractivity contribution in [3.05, 3.63) is 46.5 Å². The van der Waals surface area contributed by atoms with Crippen molar-refractivity contribution in [2.45, 2.75) is 19.5 Å². The molecule has 2 fully saturated rings. The van der Waals surface area contributed by atoms with Gasteiger partial charge in [-0.1, -0.05) is 6.07 Å². The van der Waals surface area contributed by atoms with Crippen molar-refractivity contribution in [2.75, 3.05) is 39.4 Å². The van der Waals surface area contributed by atoms with E-state index in [2.05, 4.69) is 33.4 Å². The summed E-state index contributed by atoms with van der Waals surface area (Å²) in [4.78, 5) is 6.55. The van der Waals surface area contributed by atoms with Gasteiger partial charge in [-0.2, -0.15) is 0 Å². The van der Waals surface area contributed by atoms with Gasteiger partial charge in [0.25, 0.3) is 0 Å². The van der Waals surface area contributed by atoms with Gasteiger partial charge in [0.2, 0.25) is 0 Å². The highest BCUT2D eigenvalue weighted by molar-refractivity contribution is 7.09. The second-order valence-electron chi connectivity index (χ2n) is 6.88. The van der Waals surface area contributed by atoms with Crippen LogP contribution in [0, 0.1) is 5.41 Å². The van der Waals surface area contributed by atoms with Gasteiger partial charge in [-0.25, -0.2) is 0 Å². The third-order valence-corrected chi connectivity index (χ3v) is 5.82. The van der Waals surface area contributed by atoms with Gasteiger partial charge in [0, 0.05) is 36.5 Å². The van der Waals surface area contributed by atoms with Crippen molar-refractivity contribution in [2.24, 2.45) is 5.41 Å². The van der Waals surface area contributed by atoms with Gasteiger partial charge < -0.3 is 9.15 Å². The van der Waals surface area contributed by atoms with Gasteiger partial charge in [-0.3, -0.25) is 9.80 Å². The van der Waals surface area contributed by atoms with Crippen LogP contribution in [-0.2, 0) is 17.8 Å². The second-order valence-corrected chi connectivity index (χ2v) is 7.91. The lowest BCUT2D eigenvalue weighted by atomic mass is 9.87. The molecular formula is C18H24N2O2S. The topological polar surface area (TPSA) is 28.9 Å². The summed E-state index contributed by atoms with van der Waals surface area (Å²) < 4.78 is 11.5. The highest BCUT2D eigenvalue weighted by Gasteiger charge is 2.41. The minimum atomic E-state index is 0.278. The van der Waals surface area contributed by atoms with Crippen LogP contribution in [-0.4, -0.2) is 49.2 Å². The van der Waals surface area contributed by atoms with Crippen LogP contribution in [0.25, 0.3) is 0 Å². The molecule has 124 valence electrons. The Morgan fingerprint density at radius 2 is 2.00 bits per heavy atom. The molecular weight excluding hydrogens is 308 g/mol. The lowest BCUT2D eigenvalue weighted by molar-refractivity contribution is 0.0705. The molecule has 2 aromatic heterocycles. The molecule has 2 saturated heterocycles. The van der Waals surface area contributed by atoms with E-state index in [0.29, 0.717) is 0 Å². The van der Waals surface area contributed by atoms with Gasteiger partial charge >= 0.3 is 0 Å². The maximum absolute atomic E-state index is 5.97. The number of hydrogen-bond acceptors (Lipinski definition) is 5. The molecule has 0 bridgehead atoms. The van der Waals surface area contributed by atoms with Crippen LogP contribution in [0.1, 0.15) is 17.1 Å². The number of nitrogens with zero attached hydrogens (tertiary/aromatic N) is 2. The fourth-order valence-corrected chi connectivity index (χ4v) is 4.62. The first-order valence-corrected chi connectivity index (χ1v) is 9.27. The van der Waals surface area contributed by atoms with Crippen molar-refractivity contribution < 1.29 is 9.15 Å². The van der Waals surface area contributed by atoms with Gasteiger partial charge in [-0.05, 0) is 36.5 Å². The minimum Gasteiger partial charge on any atom is -0.468 e. The van der Waals surface area contributed by atoms with E-state index in [9.17, 15) is 0 Å². The molecule has 0 N–H and O–H groups in total. The maximum atomic E-state index is 5.97. The Morgan fingerprint density at radius 3 is 2.78 bits per heavy atom. The molecule has 0 aromatic carbocycles. The number of thiophene rings is 1. The predicted molar refractivity (Wildman–Crippen MR) is 91.5 cm³/mol. The lowest BCUT2D eigenvalue weighted by Crippen LogP contribution is -2.40. The molecule has 4 heterocycles. The van der Waals surface area contributed by atoms with E-state index in [4.69, 9.17) is 9.15 Å². The van der Waals surface area contributed by atoms with Gasteiger partial charge in [0.15, 0.2) is 0 Å². The molecule has 2 aromatic rings. The molecule has 1 atom stereocenters. The smallest absolute Gasteiger partial charge is 0.117 e. The third-order valence-electron chi connectivity index (χ3n) is 4.96. The normalized spacial score (nSPS) is 26.8. The highest BCUT2D eigenvalue weighted by Crippen LogP contribution is 2.35. The maximum Gasteiger partial charge on any atom is 0.117 e. The molecule has 0 saturated carbocycles. The Bertz CT molecular complexity index is 599. The summed E-state index contributed by atoms with van der Waals surface area (Å²) in [5, 5.41) is 2.17. The molecule has 4 nitrogen and oxygen atoms in total. The zero-order chi connectivity index (χ0) is 15.5. The molecule has 23 heavy (non-hydrogen) atoms. The number of hydrogen-bond donors (Lipinski definition) is 0. The molecule has 2 aliphatic heterocycles. The van der Waals surface area contributed by atoms with Crippen LogP contribution >= 0.6 is 11.3 Å². The van der Waals surface area contributed by atoms with Crippen LogP contribution in [0.3, 0.4) is 0 Å². The third kappa shape index (κ3) is 3.69. The summed E-state index contributed by atoms with van der Waals surface area (Å²) in [6.45, 7) is 8.11. The summed E-state index contributed by atoms with van der Waals surface area (Å²) in [6.07, 6.45) is 2.99. The van der Waals surface area contributed by atoms with E-state index < -0.39 is 0 Å². The van der Waals surface area contributed by atoms with Crippen molar-refractivity contribution in [3.8, 4) is 0 Å². The second kappa shape index (κ2) is 6.77. The van der Waals surface area contributed by atoms with Gasteiger partial charge in [0.1, 0.15) is 5.76 Å². The molecule has 5 heteroatoms. The first-order valence-electron chi connectivity index (χ1n) is 8.39. The summed E-state index contributed by atoms with van der Waals surface area (Å²) in [5.41, 5.74) is 0.278. The molecule has 0 unspecified atom stereocenters. The minimum absolute atomic E-state index is 0.278. The van der Waals surface area contributed by atoms with E-state index >= 15 is 0 Å². The van der Waals surface area contributed by atoms with Crippen LogP contribution in [0.2, 0.25) is 0 Å². The summed E-state index contributed by atoms with van der Waals surface area (Å²) in [5.74, 6) is 1.05. The average Bonchev–Trinajstić information content (AvgIpc) is 3.25. The van der Waals surface area contributed by atoms with Crippen LogP contribution < -0.4 is 0 Å². The predicted octanol–water partition coefficient (Wildman–Crippen LogP) is 3.07. The van der Waals surface area contributed by atoms with Crippen molar-refractivity contribution in [1.29, 1.82) is 0 Å². The van der Waals surface area contributed by atoms with E-state index in [1.165, 1.54) is 17.8 Å². The molecule has 1 spiro atoms. The number of furan rings is 1. The van der Waals surface area contributed by atoms with Crippen molar-refractivity contribution >= 4 is 11.3 Å². The Labute approximate surface area is 141 Å². The summed E-state index contributed by atoms with van der Waals surface area (Å²) in [6, 6.07) is 8.42. The fraction of sp³-hybridized carbons (Fsp3) is 0.556. The quantitative estimate of drug-likeness (QED) is 0.860. The highest BCUT2D eigenvalue weighted by atomic mass is 32.1. The number of rotatable bonds is 4. The monoisotopic (exact) mass is 332 g/mol. The molecule has 0 amide bonds. The van der Waals surface area contributed by atoms with E-state index in [1.54, 1.807) is 6.26 Å². The Morgan fingerprint density at radius 1 is 1.09 bits per heavy atom. The van der Waals surface area contributed by atoms with Crippen LogP contribution in [0.15, 0.2) is 40.3 Å². The largest absolute Gasteiger partial charge is 0.468 e. The van der Waals surface area contributed by atoms with Crippen molar-refractivity contribution in [1.82, 2.24) is 9.80 Å². The molecule has 0 aliphatic carbocycles. The zero-order valence-electron chi connectivity index (χ0n) is 13.4. The fourth-order valence-electron chi connectivity index (χ4n) is 3.87. The zero-order valence-corrected chi connectivity index (χ0v) is 14.3. The summed E-state index contributed by atoms with van der Waals surface area (Å²) in [7, 11) is 0. The number of ether oxygens (including phenoxy) is 1. The van der Waals surface area contributed by atoms with Gasteiger partial charge in [0.05, 0.1) is 26.0 Å². The Balaban J connectivity index is 1.40. The Kier molecular flexibility index (Phi) is 4.53. The summed E-state index contributed by atoms with van der Waals surface area (Å²) >= 11 is 1.86. The van der Waals surface area contributed by atoms with Crippen LogP contribution in [0.5, 0.6) is 0 Å². The number of likely N-dealkylation sites (tertiary alicyclic amines) is 1. The standard InChI is InChI=1S/C18H24N2O2S/c1-3-16(22-8-1)11-20-7-9-21-15-18(14-20)5-6-19(13-18)12-17-4-2-10-23-17/h1-4,8,10H,5-7,9,11-15H2/t18-/m0/s1. The molecule has 0 radical (unpaired) electrons. The molecule has 4 rings (SSSR count). The van der Waals surface area contributed by atoms with E-state index in [1.807, 2.05) is 17.4 Å². The van der Waals surface area contributed by atoms with E-state index in [0.717, 1.165) is 51.7 Å². The van der Waals surface area contributed by atoms with Crippen molar-refractivity contribution in [3.63, 3.8) is 0 Å². The molecule has 2 aliphatic rings. The van der Waals surface area contributed by atoms with Crippen LogP contribution in [0.4, 0.5) is 0 Å². The average molecular weight is 332 g/mol.